The quantitative estimate of drug-likeness (QED) is 0.404. The first-order valence-electron chi connectivity index (χ1n) is 10.2. The van der Waals surface area contributed by atoms with E-state index in [0.717, 1.165) is 11.1 Å². The van der Waals surface area contributed by atoms with Gasteiger partial charge in [0.05, 0.1) is 0 Å². The molecule has 0 saturated carbocycles. The Labute approximate surface area is 186 Å². The van der Waals surface area contributed by atoms with E-state index in [4.69, 9.17) is 5.21 Å². The Balaban J connectivity index is 1.99. The lowest BCUT2D eigenvalue weighted by Crippen LogP contribution is -2.26. The minimum absolute atomic E-state index is 0.170. The summed E-state index contributed by atoms with van der Waals surface area (Å²) < 4.78 is 0. The van der Waals surface area contributed by atoms with Crippen LogP contribution in [0.15, 0.2) is 66.7 Å². The number of benzene rings is 3. The van der Waals surface area contributed by atoms with Crippen LogP contribution >= 0.6 is 0 Å². The van der Waals surface area contributed by atoms with Crippen LogP contribution in [0, 0.1) is 6.92 Å². The van der Waals surface area contributed by atoms with E-state index in [0.29, 0.717) is 34.5 Å². The fourth-order valence-electron chi connectivity index (χ4n) is 3.14. The van der Waals surface area contributed by atoms with Crippen LogP contribution in [0.5, 0.6) is 0 Å². The third-order valence-electron chi connectivity index (χ3n) is 5.15. The van der Waals surface area contributed by atoms with E-state index in [1.54, 1.807) is 72.0 Å². The van der Waals surface area contributed by atoms with Gasteiger partial charge >= 0.3 is 0 Å². The summed E-state index contributed by atoms with van der Waals surface area (Å²) in [5, 5.41) is 11.7. The molecule has 3 aromatic rings. The van der Waals surface area contributed by atoms with Gasteiger partial charge in [-0.1, -0.05) is 29.8 Å². The van der Waals surface area contributed by atoms with Crippen LogP contribution in [0.25, 0.3) is 11.1 Å². The topological polar surface area (TPSA) is 98.7 Å². The van der Waals surface area contributed by atoms with Crippen LogP contribution in [0.4, 0.5) is 5.69 Å². The summed E-state index contributed by atoms with van der Waals surface area (Å²) in [6.45, 7) is 4.37. The van der Waals surface area contributed by atoms with Gasteiger partial charge in [-0.3, -0.25) is 19.6 Å². The molecule has 0 atom stereocenters. The van der Waals surface area contributed by atoms with Gasteiger partial charge < -0.3 is 10.2 Å². The highest BCUT2D eigenvalue weighted by molar-refractivity contribution is 6.06. The Kier molecular flexibility index (Phi) is 7.02. The van der Waals surface area contributed by atoms with Crippen molar-refractivity contribution in [3.05, 3.63) is 89.0 Å². The zero-order chi connectivity index (χ0) is 23.3. The molecular formula is C25H25N3O4. The molecule has 32 heavy (non-hydrogen) atoms. The fraction of sp³-hybridized carbons (Fsp3) is 0.160. The lowest BCUT2D eigenvalue weighted by molar-refractivity contribution is 0.0706. The number of anilines is 1. The molecule has 0 heterocycles. The Hall–Kier alpha value is -3.97. The van der Waals surface area contributed by atoms with Gasteiger partial charge in [0.1, 0.15) is 0 Å². The van der Waals surface area contributed by atoms with Crippen LogP contribution in [0.2, 0.25) is 0 Å². The molecular weight excluding hydrogens is 406 g/mol. The SMILES string of the molecule is CCN(C)C(=O)c1cc(NC(=O)c2ccc(C)cc2)cc(-c2ccc(C(=O)NO)cc2)c1. The third-order valence-corrected chi connectivity index (χ3v) is 5.15. The first-order valence-corrected chi connectivity index (χ1v) is 10.2. The van der Waals surface area contributed by atoms with Crippen molar-refractivity contribution in [1.82, 2.24) is 10.4 Å². The zero-order valence-corrected chi connectivity index (χ0v) is 18.2. The molecule has 0 saturated heterocycles. The van der Waals surface area contributed by atoms with Crippen LogP contribution in [-0.4, -0.2) is 41.4 Å². The molecule has 7 heteroatoms. The van der Waals surface area contributed by atoms with Crippen LogP contribution < -0.4 is 10.8 Å². The Morgan fingerprint density at radius 3 is 2.00 bits per heavy atom. The summed E-state index contributed by atoms with van der Waals surface area (Å²) in [7, 11) is 1.71. The van der Waals surface area contributed by atoms with Crippen molar-refractivity contribution in [2.24, 2.45) is 0 Å². The molecule has 0 fully saturated rings. The highest BCUT2D eigenvalue weighted by atomic mass is 16.5. The molecule has 0 aliphatic carbocycles. The van der Waals surface area contributed by atoms with E-state index >= 15 is 0 Å². The predicted molar refractivity (Wildman–Crippen MR) is 123 cm³/mol. The number of hydroxylamine groups is 1. The lowest BCUT2D eigenvalue weighted by Gasteiger charge is -2.17. The number of aryl methyl sites for hydroxylation is 1. The largest absolute Gasteiger partial charge is 0.342 e. The molecule has 0 aliphatic heterocycles. The third kappa shape index (κ3) is 5.19. The number of nitrogens with one attached hydrogen (secondary N) is 2. The van der Waals surface area contributed by atoms with Gasteiger partial charge in [0.15, 0.2) is 0 Å². The van der Waals surface area contributed by atoms with Gasteiger partial charge in [0.25, 0.3) is 17.7 Å². The highest BCUT2D eigenvalue weighted by Gasteiger charge is 2.15. The van der Waals surface area contributed by atoms with Crippen molar-refractivity contribution in [3.63, 3.8) is 0 Å². The van der Waals surface area contributed by atoms with Crippen molar-refractivity contribution in [2.45, 2.75) is 13.8 Å². The van der Waals surface area contributed by atoms with Gasteiger partial charge in [0, 0.05) is 36.0 Å². The van der Waals surface area contributed by atoms with Gasteiger partial charge in [-0.15, -0.1) is 0 Å². The predicted octanol–water partition coefficient (Wildman–Crippen LogP) is 4.13. The van der Waals surface area contributed by atoms with E-state index in [1.165, 1.54) is 0 Å². The van der Waals surface area contributed by atoms with Crippen molar-refractivity contribution < 1.29 is 19.6 Å². The fourth-order valence-corrected chi connectivity index (χ4v) is 3.14. The minimum Gasteiger partial charge on any atom is -0.342 e. The number of hydrogen-bond acceptors (Lipinski definition) is 4. The molecule has 0 aromatic heterocycles. The van der Waals surface area contributed by atoms with Gasteiger partial charge in [0.2, 0.25) is 0 Å². The number of amides is 3. The van der Waals surface area contributed by atoms with Gasteiger partial charge in [-0.25, -0.2) is 5.48 Å². The summed E-state index contributed by atoms with van der Waals surface area (Å²) in [5.41, 5.74) is 5.83. The van der Waals surface area contributed by atoms with Crippen molar-refractivity contribution in [2.75, 3.05) is 18.9 Å². The molecule has 0 unspecified atom stereocenters. The van der Waals surface area contributed by atoms with Crippen molar-refractivity contribution in [1.29, 1.82) is 0 Å². The van der Waals surface area contributed by atoms with Crippen molar-refractivity contribution in [3.8, 4) is 11.1 Å². The van der Waals surface area contributed by atoms with E-state index in [9.17, 15) is 14.4 Å². The summed E-state index contributed by atoms with van der Waals surface area (Å²) in [5.74, 6) is -1.06. The number of carbonyl (C=O) groups is 3. The zero-order valence-electron chi connectivity index (χ0n) is 18.2. The molecule has 3 amide bonds. The number of rotatable bonds is 6. The first kappa shape index (κ1) is 22.7. The maximum atomic E-state index is 12.8. The molecule has 7 nitrogen and oxygen atoms in total. The minimum atomic E-state index is -0.615. The molecule has 164 valence electrons. The maximum Gasteiger partial charge on any atom is 0.274 e. The van der Waals surface area contributed by atoms with Gasteiger partial charge in [-0.05, 0) is 67.4 Å². The number of hydrogen-bond donors (Lipinski definition) is 3. The van der Waals surface area contributed by atoms with E-state index in [2.05, 4.69) is 5.32 Å². The standard InChI is InChI=1S/C25H25N3O4/c1-4-28(3)25(31)21-13-20(17-9-11-19(12-10-17)24(30)27-32)14-22(15-21)26-23(29)18-7-5-16(2)6-8-18/h5-15,32H,4H2,1-3H3,(H,26,29)(H,27,30). The highest BCUT2D eigenvalue weighted by Crippen LogP contribution is 2.26. The Morgan fingerprint density at radius 2 is 1.41 bits per heavy atom. The van der Waals surface area contributed by atoms with Crippen LogP contribution in [-0.2, 0) is 0 Å². The van der Waals surface area contributed by atoms with Crippen LogP contribution in [0.1, 0.15) is 43.6 Å². The monoisotopic (exact) mass is 431 g/mol. The molecule has 0 radical (unpaired) electrons. The van der Waals surface area contributed by atoms with E-state index in [1.807, 2.05) is 26.0 Å². The van der Waals surface area contributed by atoms with Crippen molar-refractivity contribution >= 4 is 23.4 Å². The summed E-state index contributed by atoms with van der Waals surface area (Å²) in [4.78, 5) is 38.7. The average Bonchev–Trinajstić information content (AvgIpc) is 2.82. The lowest BCUT2D eigenvalue weighted by atomic mass is 10.00. The summed E-state index contributed by atoms with van der Waals surface area (Å²) >= 11 is 0. The molecule has 3 N–H and O–H groups in total. The Morgan fingerprint density at radius 1 is 0.812 bits per heavy atom. The van der Waals surface area contributed by atoms with E-state index < -0.39 is 5.91 Å². The second-order valence-corrected chi connectivity index (χ2v) is 7.46. The maximum absolute atomic E-state index is 12.8. The molecule has 3 rings (SSSR count). The average molecular weight is 431 g/mol. The second kappa shape index (κ2) is 9.89. The smallest absolute Gasteiger partial charge is 0.274 e. The number of nitrogens with zero attached hydrogens (tertiary/aromatic N) is 1. The molecule has 0 bridgehead atoms. The molecule has 3 aromatic carbocycles. The summed E-state index contributed by atoms with van der Waals surface area (Å²) in [6, 6.07) is 18.9. The second-order valence-electron chi connectivity index (χ2n) is 7.46. The van der Waals surface area contributed by atoms with Crippen LogP contribution in [0.3, 0.4) is 0 Å². The first-order chi connectivity index (χ1) is 15.3. The molecule has 0 aliphatic rings. The number of carbonyl (C=O) groups excluding carboxylic acids is 3. The molecule has 0 spiro atoms. The van der Waals surface area contributed by atoms with E-state index in [-0.39, 0.29) is 11.8 Å². The normalized spacial score (nSPS) is 10.4. The summed E-state index contributed by atoms with van der Waals surface area (Å²) in [6.07, 6.45) is 0. The Bertz CT molecular complexity index is 1140. The van der Waals surface area contributed by atoms with Gasteiger partial charge in [-0.2, -0.15) is 0 Å².